The van der Waals surface area contributed by atoms with Crippen LogP contribution >= 0.6 is 23.5 Å². The summed E-state index contributed by atoms with van der Waals surface area (Å²) >= 11 is 3.95. The van der Waals surface area contributed by atoms with Gasteiger partial charge in [-0.2, -0.15) is 16.7 Å². The molecule has 2 aliphatic rings. The van der Waals surface area contributed by atoms with Crippen LogP contribution in [0, 0.1) is 0 Å². The molecule has 0 aliphatic carbocycles. The van der Waals surface area contributed by atoms with Crippen molar-refractivity contribution < 1.29 is 9.26 Å². The maximum Gasteiger partial charge on any atom is 0.233 e. The molecule has 7 heteroatoms. The van der Waals surface area contributed by atoms with Crippen LogP contribution in [0.1, 0.15) is 36.7 Å². The van der Waals surface area contributed by atoms with Crippen LogP contribution < -0.4 is 5.32 Å². The number of hydrogen-bond donors (Lipinski definition) is 1. The Morgan fingerprint density at radius 2 is 2.10 bits per heavy atom. The largest absolute Gasteiger partial charge is 0.379 e. The predicted molar refractivity (Wildman–Crippen MR) is 82.4 cm³/mol. The molecule has 3 rings (SSSR count). The molecular weight excluding hydrogens is 294 g/mol. The molecule has 0 amide bonds. The second-order valence-corrected chi connectivity index (χ2v) is 8.39. The third-order valence-corrected chi connectivity index (χ3v) is 7.45. The van der Waals surface area contributed by atoms with Crippen LogP contribution in [0.25, 0.3) is 0 Å². The van der Waals surface area contributed by atoms with Crippen molar-refractivity contribution in [1.29, 1.82) is 0 Å². The molecule has 2 saturated heterocycles. The van der Waals surface area contributed by atoms with E-state index in [1.165, 1.54) is 0 Å². The molecule has 0 saturated carbocycles. The van der Waals surface area contributed by atoms with Crippen molar-refractivity contribution in [1.82, 2.24) is 15.5 Å². The maximum absolute atomic E-state index is 5.50. The fourth-order valence-electron chi connectivity index (χ4n) is 2.53. The monoisotopic (exact) mass is 315 g/mol. The Morgan fingerprint density at radius 3 is 2.85 bits per heavy atom. The summed E-state index contributed by atoms with van der Waals surface area (Å²) in [7, 11) is 1.94. The summed E-state index contributed by atoms with van der Waals surface area (Å²) in [6.45, 7) is 5.93. The third-order valence-electron chi connectivity index (χ3n) is 4.06. The SMILES string of the molecule is CNC1COCC1c1nc(C2CSC(C)C(C)S2)no1. The summed E-state index contributed by atoms with van der Waals surface area (Å²) < 4.78 is 11.0. The average Bonchev–Trinajstić information content (AvgIpc) is 3.09. The van der Waals surface area contributed by atoms with Crippen LogP contribution in [-0.2, 0) is 4.74 Å². The Labute approximate surface area is 128 Å². The van der Waals surface area contributed by atoms with Crippen molar-refractivity contribution >= 4 is 23.5 Å². The fourth-order valence-corrected chi connectivity index (χ4v) is 5.36. The maximum atomic E-state index is 5.50. The van der Waals surface area contributed by atoms with E-state index in [9.17, 15) is 0 Å². The molecule has 5 nitrogen and oxygen atoms in total. The lowest BCUT2D eigenvalue weighted by Crippen LogP contribution is -2.31. The molecule has 20 heavy (non-hydrogen) atoms. The van der Waals surface area contributed by atoms with Gasteiger partial charge in [0.2, 0.25) is 5.89 Å². The summed E-state index contributed by atoms with van der Waals surface area (Å²) in [5.41, 5.74) is 0. The molecule has 5 unspecified atom stereocenters. The van der Waals surface area contributed by atoms with Gasteiger partial charge < -0.3 is 14.6 Å². The van der Waals surface area contributed by atoms with Crippen LogP contribution in [0.4, 0.5) is 0 Å². The third kappa shape index (κ3) is 2.86. The highest BCUT2D eigenvalue weighted by Gasteiger charge is 2.35. The quantitative estimate of drug-likeness (QED) is 0.916. The second kappa shape index (κ2) is 6.25. The van der Waals surface area contributed by atoms with E-state index in [2.05, 4.69) is 29.3 Å². The molecule has 0 aromatic carbocycles. The molecule has 3 heterocycles. The van der Waals surface area contributed by atoms with Gasteiger partial charge in [-0.25, -0.2) is 0 Å². The number of rotatable bonds is 3. The number of nitrogens with zero attached hydrogens (tertiary/aromatic N) is 2. The molecule has 2 fully saturated rings. The van der Waals surface area contributed by atoms with Gasteiger partial charge in [0.25, 0.3) is 0 Å². The smallest absolute Gasteiger partial charge is 0.233 e. The number of thioether (sulfide) groups is 2. The van der Waals surface area contributed by atoms with Gasteiger partial charge in [-0.05, 0) is 7.05 Å². The Kier molecular flexibility index (Phi) is 4.59. The molecule has 1 N–H and O–H groups in total. The second-order valence-electron chi connectivity index (χ2n) is 5.40. The highest BCUT2D eigenvalue weighted by molar-refractivity contribution is 8.07. The Bertz CT molecular complexity index is 457. The molecule has 0 radical (unpaired) electrons. The van der Waals surface area contributed by atoms with Gasteiger partial charge in [0, 0.05) is 22.3 Å². The molecule has 112 valence electrons. The zero-order valence-electron chi connectivity index (χ0n) is 12.0. The normalized spacial score (nSPS) is 38.2. The van der Waals surface area contributed by atoms with E-state index < -0.39 is 0 Å². The van der Waals surface area contributed by atoms with Crippen LogP contribution in [0.5, 0.6) is 0 Å². The molecule has 2 aliphatic heterocycles. The molecule has 1 aromatic rings. The average molecular weight is 315 g/mol. The van der Waals surface area contributed by atoms with Crippen molar-refractivity contribution in [2.24, 2.45) is 0 Å². The van der Waals surface area contributed by atoms with Crippen LogP contribution in [0.3, 0.4) is 0 Å². The summed E-state index contributed by atoms with van der Waals surface area (Å²) in [6.07, 6.45) is 0. The van der Waals surface area contributed by atoms with Crippen LogP contribution in [0.2, 0.25) is 0 Å². The van der Waals surface area contributed by atoms with E-state index in [0.717, 1.165) is 11.6 Å². The molecule has 5 atom stereocenters. The van der Waals surface area contributed by atoms with E-state index in [1.807, 2.05) is 30.6 Å². The minimum absolute atomic E-state index is 0.179. The van der Waals surface area contributed by atoms with Crippen molar-refractivity contribution in [2.45, 2.75) is 41.6 Å². The summed E-state index contributed by atoms with van der Waals surface area (Å²) in [5.74, 6) is 2.80. The van der Waals surface area contributed by atoms with Gasteiger partial charge >= 0.3 is 0 Å². The number of hydrogen-bond acceptors (Lipinski definition) is 7. The first-order valence-electron chi connectivity index (χ1n) is 7.04. The fraction of sp³-hybridized carbons (Fsp3) is 0.846. The Hall–Kier alpha value is -0.240. The lowest BCUT2D eigenvalue weighted by Gasteiger charge is -2.29. The molecule has 1 aromatic heterocycles. The van der Waals surface area contributed by atoms with Gasteiger partial charge in [0.15, 0.2) is 5.82 Å². The lowest BCUT2D eigenvalue weighted by atomic mass is 10.0. The van der Waals surface area contributed by atoms with E-state index in [-0.39, 0.29) is 12.0 Å². The van der Waals surface area contributed by atoms with E-state index in [1.54, 1.807) is 0 Å². The number of likely N-dealkylation sites (N-methyl/N-ethyl adjacent to an activating group) is 1. The minimum Gasteiger partial charge on any atom is -0.379 e. The topological polar surface area (TPSA) is 60.2 Å². The van der Waals surface area contributed by atoms with Crippen molar-refractivity contribution in [2.75, 3.05) is 26.0 Å². The first-order valence-corrected chi connectivity index (χ1v) is 9.03. The Morgan fingerprint density at radius 1 is 1.25 bits per heavy atom. The first kappa shape index (κ1) is 14.7. The zero-order valence-corrected chi connectivity index (χ0v) is 13.7. The van der Waals surface area contributed by atoms with E-state index >= 15 is 0 Å². The van der Waals surface area contributed by atoms with Crippen molar-refractivity contribution in [3.8, 4) is 0 Å². The lowest BCUT2D eigenvalue weighted by molar-refractivity contribution is 0.185. The zero-order chi connectivity index (χ0) is 14.1. The van der Waals surface area contributed by atoms with Gasteiger partial charge in [-0.15, -0.1) is 11.8 Å². The van der Waals surface area contributed by atoms with Gasteiger partial charge in [-0.3, -0.25) is 0 Å². The van der Waals surface area contributed by atoms with Gasteiger partial charge in [0.05, 0.1) is 24.4 Å². The van der Waals surface area contributed by atoms with Gasteiger partial charge in [0.1, 0.15) is 0 Å². The Balaban J connectivity index is 1.70. The van der Waals surface area contributed by atoms with Crippen molar-refractivity contribution in [3.63, 3.8) is 0 Å². The van der Waals surface area contributed by atoms with Crippen molar-refractivity contribution in [3.05, 3.63) is 11.7 Å². The summed E-state index contributed by atoms with van der Waals surface area (Å²) in [4.78, 5) is 4.64. The molecular formula is C13H21N3O2S2. The number of aromatic nitrogens is 2. The first-order chi connectivity index (χ1) is 9.69. The summed E-state index contributed by atoms with van der Waals surface area (Å²) in [6, 6.07) is 0.274. The molecule has 0 spiro atoms. The molecule has 0 bridgehead atoms. The van der Waals surface area contributed by atoms with Crippen LogP contribution in [-0.4, -0.2) is 52.7 Å². The summed E-state index contributed by atoms with van der Waals surface area (Å²) in [5, 5.41) is 9.13. The van der Waals surface area contributed by atoms with Gasteiger partial charge in [-0.1, -0.05) is 19.0 Å². The van der Waals surface area contributed by atoms with Crippen LogP contribution in [0.15, 0.2) is 4.52 Å². The highest BCUT2D eigenvalue weighted by atomic mass is 32.2. The number of nitrogens with one attached hydrogen (secondary N) is 1. The van der Waals surface area contributed by atoms with E-state index in [4.69, 9.17) is 9.26 Å². The highest BCUT2D eigenvalue weighted by Crippen LogP contribution is 2.43. The predicted octanol–water partition coefficient (Wildman–Crippen LogP) is 2.07. The van der Waals surface area contributed by atoms with E-state index in [0.29, 0.717) is 34.9 Å². The number of ether oxygens (including phenoxy) is 1. The minimum atomic E-state index is 0.179. The standard InChI is InChI=1S/C13H21N3O2S2/c1-7-8(2)20-11(6-19-7)12-15-13(18-16-12)9-4-17-5-10(9)14-3/h7-11,14H,4-6H2,1-3H3.